The molecule has 0 saturated carbocycles. The average molecular weight is 206 g/mol. The van der Waals surface area contributed by atoms with Crippen molar-refractivity contribution in [2.24, 2.45) is 0 Å². The number of rotatable bonds is 1. The molecule has 3 heteroatoms. The van der Waals surface area contributed by atoms with E-state index in [9.17, 15) is 0 Å². The van der Waals surface area contributed by atoms with Gasteiger partial charge in [0.05, 0.1) is 6.07 Å². The number of hydrogen-bond donors (Lipinski definition) is 0. The molecule has 0 N–H and O–H groups in total. The largest absolute Gasteiger partial charge is 0.506 e. The monoisotopic (exact) mass is 205 g/mol. The summed E-state index contributed by atoms with van der Waals surface area (Å²) < 4.78 is 1.28. The summed E-state index contributed by atoms with van der Waals surface area (Å²) in [6, 6.07) is 9.82. The number of benzene rings is 1. The van der Waals surface area contributed by atoms with Crippen LogP contribution in [0.1, 0.15) is 5.56 Å². The van der Waals surface area contributed by atoms with Gasteiger partial charge in [0.1, 0.15) is 0 Å². The lowest BCUT2D eigenvalue weighted by molar-refractivity contribution is 1.49. The molecule has 0 amide bonds. The Kier molecular flexibility index (Phi) is 3.20. The van der Waals surface area contributed by atoms with Crippen molar-refractivity contribution in [3.05, 3.63) is 29.8 Å². The van der Waals surface area contributed by atoms with Crippen LogP contribution in [-0.2, 0) is 0 Å². The predicted molar refractivity (Wildman–Crippen MR) is 45.5 cm³/mol. The van der Waals surface area contributed by atoms with E-state index < -0.39 is 0 Å². The van der Waals surface area contributed by atoms with Crippen molar-refractivity contribution >= 4 is 34.8 Å². The number of hydrogen-bond acceptors (Lipinski definition) is 1. The summed E-state index contributed by atoms with van der Waals surface area (Å²) in [5.41, 5.74) is 0.754. The molecule has 1 aromatic carbocycles. The number of nitrogens with zero attached hydrogens (tertiary/aromatic N) is 1. The standard InChI is InChI=1S/C7H4N.BrH.Mg/c8-6-7-4-2-1-3-5-7;;/h1-2,4-5H;1H;/q;;+1/p-1. The maximum atomic E-state index is 8.51. The van der Waals surface area contributed by atoms with Crippen molar-refractivity contribution < 1.29 is 0 Å². The van der Waals surface area contributed by atoms with E-state index in [0.29, 0.717) is 0 Å². The van der Waals surface area contributed by atoms with Crippen LogP contribution in [0, 0.1) is 11.3 Å². The summed E-state index contributed by atoms with van der Waals surface area (Å²) >= 11 is 3.17. The second kappa shape index (κ2) is 3.97. The molecular weight excluding hydrogens is 202 g/mol. The molecule has 0 unspecified atom stereocenters. The Morgan fingerprint density at radius 3 is 2.90 bits per heavy atom. The van der Waals surface area contributed by atoms with E-state index in [1.807, 2.05) is 24.3 Å². The van der Waals surface area contributed by atoms with Crippen molar-refractivity contribution in [3.63, 3.8) is 0 Å². The first-order valence-electron chi connectivity index (χ1n) is 2.92. The molecule has 0 aliphatic heterocycles. The van der Waals surface area contributed by atoms with Gasteiger partial charge in [0, 0.05) is 5.56 Å². The molecule has 0 spiro atoms. The summed E-state index contributed by atoms with van der Waals surface area (Å²) in [5.74, 6) is 0. The Bertz CT molecular complexity index is 267. The third-order valence-electron chi connectivity index (χ3n) is 1.21. The number of nitriles is 1. The van der Waals surface area contributed by atoms with Gasteiger partial charge in [-0.2, -0.15) is 8.95 Å². The lowest BCUT2D eigenvalue weighted by Gasteiger charge is -1.92. The Balaban J connectivity index is 3.01. The van der Waals surface area contributed by atoms with Gasteiger partial charge in [-0.15, -0.1) is 0 Å². The van der Waals surface area contributed by atoms with E-state index in [-0.39, 0.29) is 18.2 Å². The molecule has 0 radical (unpaired) electrons. The van der Waals surface area contributed by atoms with Crippen molar-refractivity contribution in [1.82, 2.24) is 0 Å². The van der Waals surface area contributed by atoms with E-state index in [0.717, 1.165) is 5.56 Å². The van der Waals surface area contributed by atoms with E-state index in [4.69, 9.17) is 5.26 Å². The summed E-state index contributed by atoms with van der Waals surface area (Å²) in [6.45, 7) is 0. The van der Waals surface area contributed by atoms with Crippen molar-refractivity contribution in [2.75, 3.05) is 0 Å². The molecule has 1 rings (SSSR count). The molecular formula is C7H4BrMgN. The average Bonchev–Trinajstić information content (AvgIpc) is 2.05. The molecule has 0 aliphatic carbocycles. The molecule has 0 heterocycles. The summed E-state index contributed by atoms with van der Waals surface area (Å²) in [6.07, 6.45) is 0. The Labute approximate surface area is 75.6 Å². The number of halogens is 1. The SMILES string of the molecule is N#Cc1ccc[c]([Mg][Br])c1. The van der Waals surface area contributed by atoms with Gasteiger partial charge in [-0.05, 0) is 6.07 Å². The first kappa shape index (κ1) is 8.06. The third-order valence-corrected chi connectivity index (χ3v) is 3.90. The first-order chi connectivity index (χ1) is 4.86. The van der Waals surface area contributed by atoms with E-state index in [1.165, 1.54) is 3.69 Å². The molecule has 1 nitrogen and oxygen atoms in total. The zero-order chi connectivity index (χ0) is 7.40. The lowest BCUT2D eigenvalue weighted by atomic mass is 10.2. The molecule has 1 aromatic rings. The van der Waals surface area contributed by atoms with E-state index >= 15 is 0 Å². The maximum Gasteiger partial charge on any atom is 0.506 e. The summed E-state index contributed by atoms with van der Waals surface area (Å²) in [7, 11) is 0. The van der Waals surface area contributed by atoms with E-state index in [2.05, 4.69) is 19.0 Å². The van der Waals surface area contributed by atoms with Gasteiger partial charge in [-0.1, -0.05) is 18.2 Å². The zero-order valence-corrected chi connectivity index (χ0v) is 8.34. The highest BCUT2D eigenvalue weighted by Crippen LogP contribution is 1.93. The van der Waals surface area contributed by atoms with Gasteiger partial charge in [0.15, 0.2) is 0 Å². The third kappa shape index (κ3) is 1.98. The van der Waals surface area contributed by atoms with Crippen LogP contribution in [0.25, 0.3) is 0 Å². The highest BCUT2D eigenvalue weighted by molar-refractivity contribution is 9.23. The smallest absolute Gasteiger partial charge is 0.296 e. The summed E-state index contributed by atoms with van der Waals surface area (Å²) in [5, 5.41) is 8.51. The van der Waals surface area contributed by atoms with Crippen molar-refractivity contribution in [3.8, 4) is 6.07 Å². The van der Waals surface area contributed by atoms with Gasteiger partial charge < -0.3 is 0 Å². The predicted octanol–water partition coefficient (Wildman–Crippen LogP) is 1.20. The minimum atomic E-state index is -0.278. The topological polar surface area (TPSA) is 23.8 Å². The minimum absolute atomic E-state index is 0.278. The maximum absolute atomic E-state index is 8.51. The zero-order valence-electron chi connectivity index (χ0n) is 5.34. The first-order valence-corrected chi connectivity index (χ1v) is 7.52. The van der Waals surface area contributed by atoms with Crippen molar-refractivity contribution in [1.29, 1.82) is 5.26 Å². The Morgan fingerprint density at radius 2 is 2.30 bits per heavy atom. The minimum Gasteiger partial charge on any atom is -0.296 e. The van der Waals surface area contributed by atoms with Crippen LogP contribution in [0.4, 0.5) is 0 Å². The van der Waals surface area contributed by atoms with Crippen LogP contribution in [-0.4, -0.2) is 18.2 Å². The molecule has 46 valence electrons. The lowest BCUT2D eigenvalue weighted by Crippen LogP contribution is -2.07. The van der Waals surface area contributed by atoms with E-state index in [1.54, 1.807) is 0 Å². The van der Waals surface area contributed by atoms with Gasteiger partial charge in [0.2, 0.25) is 0 Å². The molecule has 0 atom stereocenters. The van der Waals surface area contributed by atoms with Crippen LogP contribution in [0.15, 0.2) is 24.3 Å². The van der Waals surface area contributed by atoms with Crippen LogP contribution >= 0.6 is 12.9 Å². The van der Waals surface area contributed by atoms with Crippen LogP contribution in [0.5, 0.6) is 0 Å². The summed E-state index contributed by atoms with van der Waals surface area (Å²) in [4.78, 5) is 0. The fourth-order valence-electron chi connectivity index (χ4n) is 0.724. The van der Waals surface area contributed by atoms with Gasteiger partial charge in [-0.25, -0.2) is 0 Å². The molecule has 0 bridgehead atoms. The molecule has 10 heavy (non-hydrogen) atoms. The highest BCUT2D eigenvalue weighted by atomic mass is 79.9. The van der Waals surface area contributed by atoms with Gasteiger partial charge >= 0.3 is 18.2 Å². The van der Waals surface area contributed by atoms with Crippen LogP contribution < -0.4 is 3.69 Å². The molecule has 0 saturated heterocycles. The fourth-order valence-corrected chi connectivity index (χ4v) is 2.29. The molecule has 0 aromatic heterocycles. The van der Waals surface area contributed by atoms with Crippen LogP contribution in [0.3, 0.4) is 0 Å². The fraction of sp³-hybridized carbons (Fsp3) is 0. The highest BCUT2D eigenvalue weighted by Gasteiger charge is 1.94. The normalized spacial score (nSPS) is 8.00. The second-order valence-electron chi connectivity index (χ2n) is 1.95. The molecule has 0 aliphatic rings. The van der Waals surface area contributed by atoms with Crippen molar-refractivity contribution in [2.45, 2.75) is 0 Å². The Morgan fingerprint density at radius 1 is 1.50 bits per heavy atom. The van der Waals surface area contributed by atoms with Gasteiger partial charge in [-0.3, -0.25) is 12.9 Å². The second-order valence-corrected chi connectivity index (χ2v) is 4.71. The Hall–Kier alpha value is -0.0438. The van der Waals surface area contributed by atoms with Crippen LogP contribution in [0.2, 0.25) is 0 Å². The quantitative estimate of drug-likeness (QED) is 0.633. The molecule has 0 fully saturated rings. The van der Waals surface area contributed by atoms with Gasteiger partial charge in [0.25, 0.3) is 0 Å².